The lowest BCUT2D eigenvalue weighted by molar-refractivity contribution is -0.123. The summed E-state index contributed by atoms with van der Waals surface area (Å²) in [6.07, 6.45) is 1.38. The van der Waals surface area contributed by atoms with Crippen molar-refractivity contribution in [3.8, 4) is 5.88 Å². The summed E-state index contributed by atoms with van der Waals surface area (Å²) in [6.45, 7) is 1.32. The Kier molecular flexibility index (Phi) is 6.11. The van der Waals surface area contributed by atoms with Crippen LogP contribution in [0.5, 0.6) is 5.88 Å². The summed E-state index contributed by atoms with van der Waals surface area (Å²) in [5.74, 6) is 0.407. The largest absolute Gasteiger partial charge is 0.476 e. The van der Waals surface area contributed by atoms with E-state index in [1.165, 1.54) is 29.7 Å². The molecule has 6 rings (SSSR count). The number of alkyl carbamates (subject to hydrolysis) is 1. The molecule has 4 heterocycles. The van der Waals surface area contributed by atoms with Crippen molar-refractivity contribution in [2.24, 2.45) is 18.6 Å². The Hall–Kier alpha value is -4.66. The Morgan fingerprint density at radius 3 is 2.67 bits per heavy atom. The number of hydrogen-bond acceptors (Lipinski definition) is 10. The first kappa shape index (κ1) is 24.9. The molecule has 2 aliphatic carbocycles. The third kappa shape index (κ3) is 4.54. The molecule has 15 nitrogen and oxygen atoms in total. The van der Waals surface area contributed by atoms with Gasteiger partial charge in [0.05, 0.1) is 48.5 Å². The zero-order valence-electron chi connectivity index (χ0n) is 27.2. The van der Waals surface area contributed by atoms with E-state index in [9.17, 15) is 14.4 Å². The quantitative estimate of drug-likeness (QED) is 0.258. The van der Waals surface area contributed by atoms with Gasteiger partial charge < -0.3 is 30.6 Å². The van der Waals surface area contributed by atoms with Gasteiger partial charge in [-0.15, -0.1) is 5.10 Å². The van der Waals surface area contributed by atoms with Gasteiger partial charge in [-0.2, -0.15) is 0 Å². The number of carbonyl (C=O) groups excluding carboxylic acids is 2. The standard InChI is InChI=1S/C28H35N9O6/c1-6-43-24-16-7-8-21(33-23(16)37(34-24)28(25(29)38)12-14(28)2)32-22-11-18-19(13-30-22)35(3)27(40)36(18)15-9-17(20(10-15)41-4)31-26(39)42-5/h7-8,11,13-15,17,20H,6,9-10,12H2,1-5H3,(H2,29,38)(H,31,39)(H,30,32,33)/i3D3. The number of ether oxygens (including phenoxy) is 3. The van der Waals surface area contributed by atoms with Gasteiger partial charge in [0, 0.05) is 30.3 Å². The summed E-state index contributed by atoms with van der Waals surface area (Å²) in [7, 11) is 2.75. The molecule has 43 heavy (non-hydrogen) atoms. The molecule has 2 amide bonds. The number of aromatic nitrogens is 6. The molecule has 5 atom stereocenters. The van der Waals surface area contributed by atoms with Gasteiger partial charge in [0.25, 0.3) is 0 Å². The number of hydrogen-bond donors (Lipinski definition) is 3. The molecule has 2 fully saturated rings. The molecule has 2 saturated carbocycles. The van der Waals surface area contributed by atoms with E-state index in [2.05, 4.69) is 20.7 Å². The Bertz CT molecular complexity index is 1900. The van der Waals surface area contributed by atoms with E-state index < -0.39 is 48.4 Å². The number of aryl methyl sites for hydroxylation is 1. The lowest BCUT2D eigenvalue weighted by Crippen LogP contribution is -2.40. The van der Waals surface area contributed by atoms with Crippen molar-refractivity contribution in [2.75, 3.05) is 26.1 Å². The second kappa shape index (κ2) is 10.6. The third-order valence-corrected chi connectivity index (χ3v) is 8.51. The van der Waals surface area contributed by atoms with Crippen LogP contribution in [-0.2, 0) is 26.8 Å². The fraction of sp³-hybridized carbons (Fsp3) is 0.500. The summed E-state index contributed by atoms with van der Waals surface area (Å²) in [6, 6.07) is 4.05. The molecule has 4 aromatic rings. The van der Waals surface area contributed by atoms with Crippen molar-refractivity contribution in [3.05, 3.63) is 34.9 Å². The molecule has 4 aromatic heterocycles. The number of nitrogens with one attached hydrogen (secondary N) is 2. The van der Waals surface area contributed by atoms with Gasteiger partial charge >= 0.3 is 11.8 Å². The normalized spacial score (nSPS) is 26.1. The van der Waals surface area contributed by atoms with E-state index in [4.69, 9.17) is 29.0 Å². The summed E-state index contributed by atoms with van der Waals surface area (Å²) in [5, 5.41) is 11.0. The molecule has 2 aliphatic rings. The minimum atomic E-state index is -2.78. The highest BCUT2D eigenvalue weighted by atomic mass is 16.5. The van der Waals surface area contributed by atoms with Gasteiger partial charge in [-0.05, 0) is 44.2 Å². The van der Waals surface area contributed by atoms with Crippen LogP contribution in [0.3, 0.4) is 0 Å². The Morgan fingerprint density at radius 1 is 1.23 bits per heavy atom. The SMILES string of the molecule is [2H]C([2H])([2H])n1c(=O)n(C2CC(NC(=O)OC)C(OC)C2)c2cc(Nc3ccc4c(OCC)nn(C5(C(N)=O)CC5C)c4n3)ncc21. The molecule has 228 valence electrons. The Morgan fingerprint density at radius 2 is 2.02 bits per heavy atom. The van der Waals surface area contributed by atoms with E-state index in [1.807, 2.05) is 13.8 Å². The fourth-order valence-electron chi connectivity index (χ4n) is 6.19. The van der Waals surface area contributed by atoms with Gasteiger partial charge in [-0.1, -0.05) is 6.92 Å². The first-order valence-electron chi connectivity index (χ1n) is 15.4. The second-order valence-electron chi connectivity index (χ2n) is 10.9. The van der Waals surface area contributed by atoms with Crippen molar-refractivity contribution < 1.29 is 27.9 Å². The molecule has 0 spiro atoms. The predicted octanol–water partition coefficient (Wildman–Crippen LogP) is 1.92. The number of anilines is 2. The van der Waals surface area contributed by atoms with Crippen molar-refractivity contribution in [1.82, 2.24) is 34.2 Å². The van der Waals surface area contributed by atoms with Crippen LogP contribution in [0.4, 0.5) is 16.4 Å². The number of pyridine rings is 2. The number of nitrogens with two attached hydrogens (primary N) is 1. The van der Waals surface area contributed by atoms with Gasteiger partial charge in [-0.25, -0.2) is 24.2 Å². The van der Waals surface area contributed by atoms with Gasteiger partial charge in [0.1, 0.15) is 17.2 Å². The highest BCUT2D eigenvalue weighted by molar-refractivity contribution is 5.91. The Labute approximate surface area is 250 Å². The number of carbonyl (C=O) groups is 2. The maximum atomic E-state index is 13.7. The zero-order chi connectivity index (χ0) is 33.1. The third-order valence-electron chi connectivity index (χ3n) is 8.51. The molecule has 0 aliphatic heterocycles. The van der Waals surface area contributed by atoms with Crippen LogP contribution in [0.15, 0.2) is 29.2 Å². The molecule has 0 radical (unpaired) electrons. The van der Waals surface area contributed by atoms with Gasteiger partial charge in [0.2, 0.25) is 11.8 Å². The van der Waals surface area contributed by atoms with Crippen molar-refractivity contribution in [3.63, 3.8) is 0 Å². The maximum Gasteiger partial charge on any atom is 0.407 e. The maximum absolute atomic E-state index is 13.7. The van der Waals surface area contributed by atoms with Crippen LogP contribution in [0.25, 0.3) is 22.1 Å². The molecule has 0 aromatic carbocycles. The van der Waals surface area contributed by atoms with Gasteiger partial charge in [0.15, 0.2) is 5.65 Å². The monoisotopic (exact) mass is 596 g/mol. The lowest BCUT2D eigenvalue weighted by atomic mass is 10.2. The fourth-order valence-corrected chi connectivity index (χ4v) is 6.19. The minimum absolute atomic E-state index is 0.0419. The number of nitrogens with zero attached hydrogens (tertiary/aromatic N) is 6. The molecular weight excluding hydrogens is 558 g/mol. The number of amides is 2. The van der Waals surface area contributed by atoms with Crippen molar-refractivity contribution >= 4 is 45.7 Å². The van der Waals surface area contributed by atoms with Crippen LogP contribution in [0.1, 0.15) is 43.3 Å². The number of methoxy groups -OCH3 is 2. The summed E-state index contributed by atoms with van der Waals surface area (Å²) in [4.78, 5) is 47.3. The van der Waals surface area contributed by atoms with Crippen LogP contribution in [0.2, 0.25) is 0 Å². The highest BCUT2D eigenvalue weighted by Crippen LogP contribution is 2.51. The van der Waals surface area contributed by atoms with Crippen LogP contribution in [-0.4, -0.2) is 73.9 Å². The van der Waals surface area contributed by atoms with E-state index >= 15 is 0 Å². The van der Waals surface area contributed by atoms with Crippen LogP contribution in [0, 0.1) is 5.92 Å². The summed E-state index contributed by atoms with van der Waals surface area (Å²) < 4.78 is 43.9. The molecule has 5 unspecified atom stereocenters. The van der Waals surface area contributed by atoms with E-state index in [1.54, 1.807) is 18.2 Å². The van der Waals surface area contributed by atoms with Crippen molar-refractivity contribution in [1.29, 1.82) is 0 Å². The van der Waals surface area contributed by atoms with Crippen LogP contribution >= 0.6 is 0 Å². The molecule has 0 bridgehead atoms. The smallest absolute Gasteiger partial charge is 0.407 e. The topological polar surface area (TPSA) is 182 Å². The van der Waals surface area contributed by atoms with E-state index in [-0.39, 0.29) is 17.3 Å². The number of fused-ring (bicyclic) bond motifs is 2. The van der Waals surface area contributed by atoms with Crippen molar-refractivity contribution in [2.45, 2.75) is 56.8 Å². The van der Waals surface area contributed by atoms with Gasteiger partial charge in [-0.3, -0.25) is 13.9 Å². The molecule has 0 saturated heterocycles. The number of primary amides is 1. The zero-order valence-corrected chi connectivity index (χ0v) is 24.2. The minimum Gasteiger partial charge on any atom is -0.476 e. The van der Waals surface area contributed by atoms with E-state index in [0.29, 0.717) is 54.1 Å². The Balaban J connectivity index is 1.41. The molecule has 15 heteroatoms. The first-order valence-corrected chi connectivity index (χ1v) is 13.9. The lowest BCUT2D eigenvalue weighted by Gasteiger charge is -2.18. The average Bonchev–Trinajstić information content (AvgIpc) is 3.25. The number of imidazole rings is 1. The second-order valence-corrected chi connectivity index (χ2v) is 10.9. The van der Waals surface area contributed by atoms with E-state index in [0.717, 1.165) is 4.57 Å². The summed E-state index contributed by atoms with van der Waals surface area (Å²) in [5.41, 5.74) is 4.88. The average molecular weight is 597 g/mol. The highest BCUT2D eigenvalue weighted by Gasteiger charge is 2.60. The molecular formula is C28H35N9O6. The van der Waals surface area contributed by atoms with Crippen LogP contribution < -0.4 is 26.8 Å². The molecule has 4 N–H and O–H groups in total. The summed E-state index contributed by atoms with van der Waals surface area (Å²) >= 11 is 0. The number of rotatable bonds is 9. The first-order chi connectivity index (χ1) is 21.8. The predicted molar refractivity (Wildman–Crippen MR) is 156 cm³/mol.